The second-order valence-corrected chi connectivity index (χ2v) is 2.92. The number of rotatable bonds is 0. The van der Waals surface area contributed by atoms with Crippen molar-refractivity contribution in [1.82, 2.24) is 20.2 Å². The second-order valence-electron chi connectivity index (χ2n) is 2.92. The second kappa shape index (κ2) is 5.64. The Morgan fingerprint density at radius 3 is 2.00 bits per heavy atom. The first-order valence-corrected chi connectivity index (χ1v) is 4.48. The molecule has 0 aliphatic carbocycles. The highest BCUT2D eigenvalue weighted by Crippen LogP contribution is 1.93. The largest absolute Gasteiger partial charge is 0.366 e. The number of pyridine rings is 1. The SMILES string of the molecule is Cc1cccc(C)n1.Nc1nccnn1. The van der Waals surface area contributed by atoms with Crippen molar-refractivity contribution >= 4 is 5.95 Å². The van der Waals surface area contributed by atoms with E-state index in [1.807, 2.05) is 32.0 Å². The van der Waals surface area contributed by atoms with E-state index < -0.39 is 0 Å². The van der Waals surface area contributed by atoms with E-state index in [1.54, 1.807) is 0 Å². The Hall–Kier alpha value is -2.04. The van der Waals surface area contributed by atoms with E-state index in [-0.39, 0.29) is 5.95 Å². The standard InChI is InChI=1S/C7H9N.C3H4N4/c1-6-4-3-5-7(2)8-6;4-3-5-1-2-6-7-3/h3-5H,1-2H3;1-2H,(H2,4,5,7). The van der Waals surface area contributed by atoms with E-state index in [9.17, 15) is 0 Å². The van der Waals surface area contributed by atoms with Gasteiger partial charge in [0.1, 0.15) is 0 Å². The van der Waals surface area contributed by atoms with Crippen LogP contribution in [0.15, 0.2) is 30.6 Å². The number of aromatic nitrogens is 4. The van der Waals surface area contributed by atoms with Crippen LogP contribution in [0.3, 0.4) is 0 Å². The molecule has 0 aliphatic heterocycles. The Balaban J connectivity index is 0.000000151. The maximum Gasteiger partial charge on any atom is 0.240 e. The summed E-state index contributed by atoms with van der Waals surface area (Å²) in [7, 11) is 0. The molecule has 0 fully saturated rings. The lowest BCUT2D eigenvalue weighted by Crippen LogP contribution is -1.93. The van der Waals surface area contributed by atoms with Crippen LogP contribution < -0.4 is 5.73 Å². The molecule has 0 saturated carbocycles. The first-order valence-electron chi connectivity index (χ1n) is 4.48. The summed E-state index contributed by atoms with van der Waals surface area (Å²) < 4.78 is 0. The zero-order valence-electron chi connectivity index (χ0n) is 8.75. The maximum atomic E-state index is 5.07. The molecule has 0 spiro atoms. The lowest BCUT2D eigenvalue weighted by Gasteiger charge is -1.90. The minimum absolute atomic E-state index is 0.211. The normalized spacial score (nSPS) is 8.93. The average molecular weight is 203 g/mol. The molecule has 2 aromatic heterocycles. The van der Waals surface area contributed by atoms with E-state index in [4.69, 9.17) is 5.73 Å². The van der Waals surface area contributed by atoms with E-state index in [0.29, 0.717) is 0 Å². The molecule has 5 nitrogen and oxygen atoms in total. The Labute approximate surface area is 88.4 Å². The molecule has 78 valence electrons. The van der Waals surface area contributed by atoms with Crippen LogP contribution in [0.1, 0.15) is 11.4 Å². The van der Waals surface area contributed by atoms with E-state index in [1.165, 1.54) is 12.4 Å². The van der Waals surface area contributed by atoms with Gasteiger partial charge in [-0.2, -0.15) is 5.10 Å². The first kappa shape index (κ1) is 11.0. The van der Waals surface area contributed by atoms with Crippen molar-refractivity contribution in [2.75, 3.05) is 5.73 Å². The summed E-state index contributed by atoms with van der Waals surface area (Å²) in [5.74, 6) is 0.211. The van der Waals surface area contributed by atoms with Crippen molar-refractivity contribution in [3.05, 3.63) is 42.0 Å². The fourth-order valence-corrected chi connectivity index (χ4v) is 0.937. The molecule has 2 aromatic rings. The summed E-state index contributed by atoms with van der Waals surface area (Å²) >= 11 is 0. The summed E-state index contributed by atoms with van der Waals surface area (Å²) in [6.45, 7) is 3.99. The monoisotopic (exact) mass is 203 g/mol. The van der Waals surface area contributed by atoms with Crippen molar-refractivity contribution in [3.8, 4) is 0 Å². The van der Waals surface area contributed by atoms with Gasteiger partial charge < -0.3 is 5.73 Å². The van der Waals surface area contributed by atoms with Gasteiger partial charge in [-0.3, -0.25) is 4.98 Å². The summed E-state index contributed by atoms with van der Waals surface area (Å²) in [5.41, 5.74) is 7.25. The number of hydrogen-bond donors (Lipinski definition) is 1. The van der Waals surface area contributed by atoms with E-state index in [0.717, 1.165) is 11.4 Å². The zero-order valence-corrected chi connectivity index (χ0v) is 8.75. The molecule has 15 heavy (non-hydrogen) atoms. The highest BCUT2D eigenvalue weighted by Gasteiger charge is 1.82. The van der Waals surface area contributed by atoms with Crippen LogP contribution >= 0.6 is 0 Å². The quantitative estimate of drug-likeness (QED) is 0.695. The molecule has 2 N–H and O–H groups in total. The van der Waals surface area contributed by atoms with Crippen LogP contribution in [0.25, 0.3) is 0 Å². The minimum Gasteiger partial charge on any atom is -0.366 e. The van der Waals surface area contributed by atoms with Crippen molar-refractivity contribution in [1.29, 1.82) is 0 Å². The first-order chi connectivity index (χ1) is 7.18. The number of aryl methyl sites for hydroxylation is 2. The molecule has 0 aliphatic rings. The molecular formula is C10H13N5. The maximum absolute atomic E-state index is 5.07. The number of anilines is 1. The summed E-state index contributed by atoms with van der Waals surface area (Å²) in [6.07, 6.45) is 2.96. The van der Waals surface area contributed by atoms with Crippen molar-refractivity contribution in [2.24, 2.45) is 0 Å². The van der Waals surface area contributed by atoms with Gasteiger partial charge in [0.25, 0.3) is 0 Å². The van der Waals surface area contributed by atoms with Crippen LogP contribution in [0, 0.1) is 13.8 Å². The molecule has 0 saturated heterocycles. The van der Waals surface area contributed by atoms with E-state index in [2.05, 4.69) is 20.2 Å². The lowest BCUT2D eigenvalue weighted by molar-refractivity contribution is 0.986. The van der Waals surface area contributed by atoms with Gasteiger partial charge in [0, 0.05) is 11.4 Å². The number of nitrogen functional groups attached to an aromatic ring is 1. The molecule has 2 rings (SSSR count). The van der Waals surface area contributed by atoms with Crippen LogP contribution in [0.5, 0.6) is 0 Å². The van der Waals surface area contributed by atoms with Crippen LogP contribution in [-0.2, 0) is 0 Å². The summed E-state index contributed by atoms with van der Waals surface area (Å²) in [4.78, 5) is 7.76. The lowest BCUT2D eigenvalue weighted by atomic mass is 10.3. The van der Waals surface area contributed by atoms with Gasteiger partial charge >= 0.3 is 0 Å². The Kier molecular flexibility index (Phi) is 4.15. The summed E-state index contributed by atoms with van der Waals surface area (Å²) in [6, 6.07) is 6.00. The third kappa shape index (κ3) is 4.66. The van der Waals surface area contributed by atoms with Gasteiger partial charge in [-0.15, -0.1) is 5.10 Å². The third-order valence-corrected chi connectivity index (χ3v) is 1.53. The Bertz CT molecular complexity index is 384. The fourth-order valence-electron chi connectivity index (χ4n) is 0.937. The molecule has 0 amide bonds. The van der Waals surface area contributed by atoms with Crippen molar-refractivity contribution in [2.45, 2.75) is 13.8 Å². The van der Waals surface area contributed by atoms with Gasteiger partial charge in [-0.05, 0) is 26.0 Å². The number of nitrogens with zero attached hydrogens (tertiary/aromatic N) is 4. The molecule has 0 unspecified atom stereocenters. The van der Waals surface area contributed by atoms with Gasteiger partial charge in [-0.1, -0.05) is 6.07 Å². The summed E-state index contributed by atoms with van der Waals surface area (Å²) in [5, 5.41) is 6.84. The van der Waals surface area contributed by atoms with Gasteiger partial charge in [0.05, 0.1) is 12.4 Å². The van der Waals surface area contributed by atoms with Crippen molar-refractivity contribution < 1.29 is 0 Å². The van der Waals surface area contributed by atoms with E-state index >= 15 is 0 Å². The topological polar surface area (TPSA) is 77.6 Å². The van der Waals surface area contributed by atoms with Gasteiger partial charge in [0.2, 0.25) is 5.95 Å². The third-order valence-electron chi connectivity index (χ3n) is 1.53. The van der Waals surface area contributed by atoms with Crippen LogP contribution in [0.2, 0.25) is 0 Å². The van der Waals surface area contributed by atoms with Gasteiger partial charge in [-0.25, -0.2) is 4.98 Å². The van der Waals surface area contributed by atoms with Gasteiger partial charge in [0.15, 0.2) is 0 Å². The zero-order chi connectivity index (χ0) is 11.1. The average Bonchev–Trinajstić information content (AvgIpc) is 2.19. The molecule has 0 radical (unpaired) electrons. The van der Waals surface area contributed by atoms with Crippen LogP contribution in [0.4, 0.5) is 5.95 Å². The Morgan fingerprint density at radius 2 is 1.73 bits per heavy atom. The Morgan fingerprint density at radius 1 is 1.07 bits per heavy atom. The molecule has 5 heteroatoms. The van der Waals surface area contributed by atoms with Crippen LogP contribution in [-0.4, -0.2) is 20.2 Å². The minimum atomic E-state index is 0.211. The molecular weight excluding hydrogens is 190 g/mol. The number of nitrogens with two attached hydrogens (primary N) is 1. The predicted octanol–water partition coefficient (Wildman–Crippen LogP) is 1.15. The predicted molar refractivity (Wildman–Crippen MR) is 58.0 cm³/mol. The highest BCUT2D eigenvalue weighted by molar-refractivity contribution is 5.08. The fraction of sp³-hybridized carbons (Fsp3) is 0.200. The smallest absolute Gasteiger partial charge is 0.240 e. The highest BCUT2D eigenvalue weighted by atomic mass is 15.2. The van der Waals surface area contributed by atoms with Crippen molar-refractivity contribution in [3.63, 3.8) is 0 Å². The molecule has 0 bridgehead atoms. The molecule has 2 heterocycles. The molecule has 0 atom stereocenters. The molecule has 0 aromatic carbocycles. The number of hydrogen-bond acceptors (Lipinski definition) is 5.